The molecule has 4 nitrogen and oxygen atoms in total. The molecule has 0 amide bonds. The van der Waals surface area contributed by atoms with Gasteiger partial charge in [-0.1, -0.05) is 26.0 Å². The highest BCUT2D eigenvalue weighted by molar-refractivity contribution is 7.89. The molecule has 5 heteroatoms. The predicted octanol–water partition coefficient (Wildman–Crippen LogP) is 1.26. The first kappa shape index (κ1) is 13.5. The molecule has 1 aromatic rings. The monoisotopic (exact) mass is 268 g/mol. The van der Waals surface area contributed by atoms with Crippen LogP contribution in [0.25, 0.3) is 0 Å². The Hall–Kier alpha value is -0.910. The molecule has 0 spiro atoms. The molecule has 100 valence electrons. The van der Waals surface area contributed by atoms with Crippen LogP contribution in [0.3, 0.4) is 0 Å². The summed E-state index contributed by atoms with van der Waals surface area (Å²) < 4.78 is 26.6. The second-order valence-electron chi connectivity index (χ2n) is 5.37. The van der Waals surface area contributed by atoms with Gasteiger partial charge in [-0.15, -0.1) is 0 Å². The average molecular weight is 268 g/mol. The molecule has 1 aromatic carbocycles. The van der Waals surface area contributed by atoms with Gasteiger partial charge in [0.2, 0.25) is 10.0 Å². The molecule has 1 fully saturated rings. The van der Waals surface area contributed by atoms with Crippen LogP contribution in [0.2, 0.25) is 0 Å². The lowest BCUT2D eigenvalue weighted by Gasteiger charge is -2.08. The van der Waals surface area contributed by atoms with E-state index < -0.39 is 10.0 Å². The second-order valence-corrected chi connectivity index (χ2v) is 7.08. The molecule has 1 aliphatic rings. The highest BCUT2D eigenvalue weighted by Crippen LogP contribution is 2.21. The molecule has 1 saturated carbocycles. The number of nitrogens with one attached hydrogen (secondary N) is 1. The maximum Gasteiger partial charge on any atom is 0.240 e. The number of hydrogen-bond donors (Lipinski definition) is 2. The first-order chi connectivity index (χ1) is 8.38. The highest BCUT2D eigenvalue weighted by atomic mass is 32.2. The fourth-order valence-corrected chi connectivity index (χ4v) is 3.19. The smallest absolute Gasteiger partial charge is 0.240 e. The van der Waals surface area contributed by atoms with Gasteiger partial charge in [0.15, 0.2) is 0 Å². The summed E-state index contributed by atoms with van der Waals surface area (Å²) in [5.41, 5.74) is 6.76. The summed E-state index contributed by atoms with van der Waals surface area (Å²) in [7, 11) is -3.41. The third kappa shape index (κ3) is 3.31. The van der Waals surface area contributed by atoms with Crippen LogP contribution in [-0.2, 0) is 16.4 Å². The van der Waals surface area contributed by atoms with Crippen LogP contribution in [0.15, 0.2) is 29.2 Å². The minimum Gasteiger partial charge on any atom is -0.326 e. The van der Waals surface area contributed by atoms with Crippen molar-refractivity contribution in [1.29, 1.82) is 0 Å². The fourth-order valence-electron chi connectivity index (χ4n) is 1.89. The predicted molar refractivity (Wildman–Crippen MR) is 71.7 cm³/mol. The van der Waals surface area contributed by atoms with E-state index in [1.54, 1.807) is 12.1 Å². The summed E-state index contributed by atoms with van der Waals surface area (Å²) in [5.74, 6) is 0.565. The van der Waals surface area contributed by atoms with Crippen LogP contribution in [0.1, 0.15) is 25.8 Å². The number of hydrogen-bond acceptors (Lipinski definition) is 3. The molecule has 0 heterocycles. The Labute approximate surface area is 109 Å². The van der Waals surface area contributed by atoms with E-state index in [1.165, 1.54) is 0 Å². The molecule has 0 aromatic heterocycles. The van der Waals surface area contributed by atoms with E-state index in [0.717, 1.165) is 18.4 Å². The molecule has 0 aliphatic heterocycles. The number of nitrogens with two attached hydrogens (primary N) is 1. The number of rotatable bonds is 5. The Kier molecular flexibility index (Phi) is 3.75. The minimum atomic E-state index is -3.41. The Morgan fingerprint density at radius 2 is 1.89 bits per heavy atom. The van der Waals surface area contributed by atoms with Crippen LogP contribution in [-0.4, -0.2) is 20.5 Å². The second kappa shape index (κ2) is 4.99. The fraction of sp³-hybridized carbons (Fsp3) is 0.538. The van der Waals surface area contributed by atoms with Gasteiger partial charge in [-0.05, 0) is 36.5 Å². The average Bonchev–Trinajstić information content (AvgIpc) is 2.93. The lowest BCUT2D eigenvalue weighted by atomic mass is 10.0. The standard InChI is InChI=1S/C13H20N2O2S/c1-9(2)7-10-3-5-11(6-4-10)18(16,17)15-13-8-12(13)14/h3-6,9,12-13,15H,7-8,14H2,1-2H3. The normalized spacial score (nSPS) is 23.3. The van der Waals surface area contributed by atoms with Gasteiger partial charge in [-0.25, -0.2) is 13.1 Å². The van der Waals surface area contributed by atoms with Crippen molar-refractivity contribution < 1.29 is 8.42 Å². The van der Waals surface area contributed by atoms with E-state index in [2.05, 4.69) is 18.6 Å². The lowest BCUT2D eigenvalue weighted by molar-refractivity contribution is 0.579. The van der Waals surface area contributed by atoms with Crippen LogP contribution < -0.4 is 10.5 Å². The maximum atomic E-state index is 12.0. The summed E-state index contributed by atoms with van der Waals surface area (Å²) in [6.45, 7) is 4.28. The van der Waals surface area contributed by atoms with E-state index in [0.29, 0.717) is 10.8 Å². The summed E-state index contributed by atoms with van der Waals surface area (Å²) in [4.78, 5) is 0.314. The SMILES string of the molecule is CC(C)Cc1ccc(S(=O)(=O)NC2CC2N)cc1. The van der Waals surface area contributed by atoms with Crippen molar-refractivity contribution in [3.8, 4) is 0 Å². The van der Waals surface area contributed by atoms with Crippen LogP contribution in [0.5, 0.6) is 0 Å². The zero-order valence-electron chi connectivity index (χ0n) is 10.8. The Morgan fingerprint density at radius 3 is 2.33 bits per heavy atom. The van der Waals surface area contributed by atoms with Crippen molar-refractivity contribution in [2.45, 2.75) is 43.7 Å². The van der Waals surface area contributed by atoms with Crippen LogP contribution in [0, 0.1) is 5.92 Å². The van der Waals surface area contributed by atoms with Crippen molar-refractivity contribution in [1.82, 2.24) is 4.72 Å². The highest BCUT2D eigenvalue weighted by Gasteiger charge is 2.37. The molecular formula is C13H20N2O2S. The van der Waals surface area contributed by atoms with Crippen LogP contribution in [0.4, 0.5) is 0 Å². The van der Waals surface area contributed by atoms with E-state index in [1.807, 2.05) is 12.1 Å². The van der Waals surface area contributed by atoms with Gasteiger partial charge in [-0.3, -0.25) is 0 Å². The molecule has 2 unspecified atom stereocenters. The van der Waals surface area contributed by atoms with Gasteiger partial charge in [0.1, 0.15) is 0 Å². The van der Waals surface area contributed by atoms with E-state index in [-0.39, 0.29) is 12.1 Å². The molecule has 0 saturated heterocycles. The summed E-state index contributed by atoms with van der Waals surface area (Å²) in [6, 6.07) is 6.95. The van der Waals surface area contributed by atoms with Crippen molar-refractivity contribution in [2.24, 2.45) is 11.7 Å². The Balaban J connectivity index is 2.08. The molecule has 0 radical (unpaired) electrons. The largest absolute Gasteiger partial charge is 0.326 e. The summed E-state index contributed by atoms with van der Waals surface area (Å²) in [5, 5.41) is 0. The van der Waals surface area contributed by atoms with Gasteiger partial charge in [0.25, 0.3) is 0 Å². The van der Waals surface area contributed by atoms with Gasteiger partial charge >= 0.3 is 0 Å². The summed E-state index contributed by atoms with van der Waals surface area (Å²) in [6.07, 6.45) is 1.69. The lowest BCUT2D eigenvalue weighted by Crippen LogP contribution is -2.29. The molecule has 3 N–H and O–H groups in total. The number of benzene rings is 1. The third-order valence-corrected chi connectivity index (χ3v) is 4.53. The molecular weight excluding hydrogens is 248 g/mol. The quantitative estimate of drug-likeness (QED) is 0.844. The van der Waals surface area contributed by atoms with Crippen LogP contribution >= 0.6 is 0 Å². The molecule has 2 atom stereocenters. The van der Waals surface area contributed by atoms with Gasteiger partial charge in [-0.2, -0.15) is 0 Å². The first-order valence-corrected chi connectivity index (χ1v) is 7.73. The van der Waals surface area contributed by atoms with Gasteiger partial charge in [0.05, 0.1) is 4.90 Å². The van der Waals surface area contributed by atoms with Crippen molar-refractivity contribution >= 4 is 10.0 Å². The van der Waals surface area contributed by atoms with Crippen molar-refractivity contribution in [3.05, 3.63) is 29.8 Å². The topological polar surface area (TPSA) is 72.2 Å². The Morgan fingerprint density at radius 1 is 1.33 bits per heavy atom. The Bertz CT molecular complexity index is 508. The van der Waals surface area contributed by atoms with E-state index in [9.17, 15) is 8.42 Å². The molecule has 1 aliphatic carbocycles. The molecule has 0 bridgehead atoms. The van der Waals surface area contributed by atoms with Gasteiger partial charge < -0.3 is 5.73 Å². The molecule has 18 heavy (non-hydrogen) atoms. The van der Waals surface area contributed by atoms with Crippen molar-refractivity contribution in [2.75, 3.05) is 0 Å². The molecule has 2 rings (SSSR count). The summed E-state index contributed by atoms with van der Waals surface area (Å²) >= 11 is 0. The van der Waals surface area contributed by atoms with E-state index >= 15 is 0 Å². The maximum absolute atomic E-state index is 12.0. The number of sulfonamides is 1. The van der Waals surface area contributed by atoms with Gasteiger partial charge in [0, 0.05) is 12.1 Å². The minimum absolute atomic E-state index is 0.0278. The van der Waals surface area contributed by atoms with Crippen molar-refractivity contribution in [3.63, 3.8) is 0 Å². The zero-order valence-corrected chi connectivity index (χ0v) is 11.6. The third-order valence-electron chi connectivity index (χ3n) is 3.02. The zero-order chi connectivity index (χ0) is 13.3. The van der Waals surface area contributed by atoms with E-state index in [4.69, 9.17) is 5.73 Å². The first-order valence-electron chi connectivity index (χ1n) is 6.25.